The van der Waals surface area contributed by atoms with Crippen molar-refractivity contribution in [1.82, 2.24) is 4.98 Å². The fourth-order valence-electron chi connectivity index (χ4n) is 1.34. The Morgan fingerprint density at radius 1 is 1.53 bits per heavy atom. The van der Waals surface area contributed by atoms with Gasteiger partial charge in [0.1, 0.15) is 5.82 Å². The number of hydrogen-bond acceptors (Lipinski definition) is 4. The van der Waals surface area contributed by atoms with Crippen molar-refractivity contribution in [2.24, 2.45) is 0 Å². The highest BCUT2D eigenvalue weighted by Crippen LogP contribution is 2.09. The van der Waals surface area contributed by atoms with Gasteiger partial charge in [-0.05, 0) is 18.6 Å². The molecule has 15 heavy (non-hydrogen) atoms. The van der Waals surface area contributed by atoms with Crippen molar-refractivity contribution in [3.05, 3.63) is 23.9 Å². The van der Waals surface area contributed by atoms with E-state index >= 15 is 0 Å². The summed E-state index contributed by atoms with van der Waals surface area (Å²) in [5.41, 5.74) is 1.13. The third-order valence-corrected chi connectivity index (χ3v) is 2.13. The van der Waals surface area contributed by atoms with Gasteiger partial charge < -0.3 is 14.7 Å². The lowest BCUT2D eigenvalue weighted by Crippen LogP contribution is -2.32. The number of aliphatic hydroxyl groups excluding tert-OH is 1. The van der Waals surface area contributed by atoms with Crippen molar-refractivity contribution < 1.29 is 9.84 Å². The van der Waals surface area contributed by atoms with Gasteiger partial charge in [-0.2, -0.15) is 0 Å². The maximum absolute atomic E-state index is 9.54. The molecule has 0 aliphatic rings. The minimum Gasteiger partial charge on any atom is -0.389 e. The lowest BCUT2D eigenvalue weighted by molar-refractivity contribution is 0.0694. The van der Waals surface area contributed by atoms with E-state index in [0.717, 1.165) is 11.4 Å². The summed E-state index contributed by atoms with van der Waals surface area (Å²) in [5, 5.41) is 9.54. The van der Waals surface area contributed by atoms with Crippen LogP contribution in [0.4, 0.5) is 5.82 Å². The summed E-state index contributed by atoms with van der Waals surface area (Å²) < 4.78 is 4.86. The van der Waals surface area contributed by atoms with Crippen LogP contribution in [0.15, 0.2) is 18.3 Å². The van der Waals surface area contributed by atoms with Crippen LogP contribution >= 0.6 is 0 Å². The first kappa shape index (κ1) is 11.9. The van der Waals surface area contributed by atoms with Gasteiger partial charge in [0.05, 0.1) is 12.7 Å². The van der Waals surface area contributed by atoms with E-state index in [-0.39, 0.29) is 0 Å². The summed E-state index contributed by atoms with van der Waals surface area (Å²) in [6.07, 6.45) is 1.33. The van der Waals surface area contributed by atoms with E-state index in [1.807, 2.05) is 37.2 Å². The molecule has 0 saturated heterocycles. The molecule has 0 bridgehead atoms. The van der Waals surface area contributed by atoms with Crippen LogP contribution in [0.1, 0.15) is 5.56 Å². The second-order valence-electron chi connectivity index (χ2n) is 3.68. The molecule has 1 rings (SSSR count). The number of aliphatic hydroxyl groups is 1. The number of nitrogens with zero attached hydrogens (tertiary/aromatic N) is 2. The highest BCUT2D eigenvalue weighted by Gasteiger charge is 2.08. The fraction of sp³-hybridized carbons (Fsp3) is 0.545. The maximum atomic E-state index is 9.54. The molecule has 1 heterocycles. The Bertz CT molecular complexity index is 287. The standard InChI is InChI=1S/C11H18N2O2/c1-9-4-5-11(12-6-9)13(2)7-10(14)8-15-3/h4-6,10,14H,7-8H2,1-3H3. The van der Waals surface area contributed by atoms with Gasteiger partial charge in [-0.25, -0.2) is 4.98 Å². The molecule has 1 N–H and O–H groups in total. The van der Waals surface area contributed by atoms with Gasteiger partial charge in [-0.1, -0.05) is 6.07 Å². The highest BCUT2D eigenvalue weighted by atomic mass is 16.5. The van der Waals surface area contributed by atoms with Gasteiger partial charge in [0.25, 0.3) is 0 Å². The molecule has 1 aromatic heterocycles. The molecular weight excluding hydrogens is 192 g/mol. The molecule has 0 amide bonds. The Morgan fingerprint density at radius 3 is 2.80 bits per heavy atom. The van der Waals surface area contributed by atoms with Crippen LogP contribution in [-0.2, 0) is 4.74 Å². The molecule has 0 saturated carbocycles. The van der Waals surface area contributed by atoms with E-state index in [1.165, 1.54) is 0 Å². The van der Waals surface area contributed by atoms with E-state index in [2.05, 4.69) is 4.98 Å². The molecule has 4 heteroatoms. The second kappa shape index (κ2) is 5.68. The minimum absolute atomic E-state index is 0.343. The maximum Gasteiger partial charge on any atom is 0.128 e. The summed E-state index contributed by atoms with van der Waals surface area (Å²) in [4.78, 5) is 6.17. The van der Waals surface area contributed by atoms with Gasteiger partial charge in [0.2, 0.25) is 0 Å². The smallest absolute Gasteiger partial charge is 0.128 e. The minimum atomic E-state index is -0.483. The number of methoxy groups -OCH3 is 1. The third-order valence-electron chi connectivity index (χ3n) is 2.13. The second-order valence-corrected chi connectivity index (χ2v) is 3.68. The van der Waals surface area contributed by atoms with Gasteiger partial charge in [-0.15, -0.1) is 0 Å². The Hall–Kier alpha value is -1.13. The first-order valence-corrected chi connectivity index (χ1v) is 4.94. The van der Waals surface area contributed by atoms with Crippen LogP contribution < -0.4 is 4.90 Å². The summed E-state index contributed by atoms with van der Waals surface area (Å²) >= 11 is 0. The Kier molecular flexibility index (Phi) is 4.52. The zero-order valence-electron chi connectivity index (χ0n) is 9.47. The van der Waals surface area contributed by atoms with Gasteiger partial charge in [0.15, 0.2) is 0 Å². The van der Waals surface area contributed by atoms with Crippen LogP contribution in [-0.4, -0.2) is 43.5 Å². The van der Waals surface area contributed by atoms with Gasteiger partial charge in [0, 0.05) is 26.9 Å². The number of aromatic nitrogens is 1. The third kappa shape index (κ3) is 3.85. The van der Waals surface area contributed by atoms with Crippen molar-refractivity contribution in [1.29, 1.82) is 0 Å². The molecule has 0 fully saturated rings. The number of ether oxygens (including phenoxy) is 1. The topological polar surface area (TPSA) is 45.6 Å². The number of rotatable bonds is 5. The zero-order valence-corrected chi connectivity index (χ0v) is 9.47. The lowest BCUT2D eigenvalue weighted by atomic mass is 10.3. The first-order valence-electron chi connectivity index (χ1n) is 4.94. The molecule has 0 spiro atoms. The summed E-state index contributed by atoms with van der Waals surface area (Å²) in [7, 11) is 3.48. The molecule has 84 valence electrons. The van der Waals surface area contributed by atoms with E-state index in [1.54, 1.807) is 7.11 Å². The molecule has 0 aromatic carbocycles. The van der Waals surface area contributed by atoms with E-state index in [9.17, 15) is 5.11 Å². The number of hydrogen-bond donors (Lipinski definition) is 1. The van der Waals surface area contributed by atoms with Crippen LogP contribution in [0.3, 0.4) is 0 Å². The average molecular weight is 210 g/mol. The van der Waals surface area contributed by atoms with Crippen molar-refractivity contribution in [3.8, 4) is 0 Å². The van der Waals surface area contributed by atoms with Crippen molar-refractivity contribution >= 4 is 5.82 Å². The normalized spacial score (nSPS) is 12.5. The van der Waals surface area contributed by atoms with Crippen LogP contribution in [0, 0.1) is 6.92 Å². The molecule has 1 atom stereocenters. The summed E-state index contributed by atoms with van der Waals surface area (Å²) in [6, 6.07) is 3.94. The monoisotopic (exact) mass is 210 g/mol. The highest BCUT2D eigenvalue weighted by molar-refractivity contribution is 5.38. The van der Waals surface area contributed by atoms with Gasteiger partial charge in [-0.3, -0.25) is 0 Å². The Balaban J connectivity index is 2.53. The number of likely N-dealkylation sites (N-methyl/N-ethyl adjacent to an activating group) is 1. The quantitative estimate of drug-likeness (QED) is 0.782. The predicted octanol–water partition coefficient (Wildman–Crippen LogP) is 0.834. The summed E-state index contributed by atoms with van der Waals surface area (Å²) in [5.74, 6) is 0.857. The predicted molar refractivity (Wildman–Crippen MR) is 60.1 cm³/mol. The molecular formula is C11H18N2O2. The molecule has 1 aromatic rings. The Morgan fingerprint density at radius 2 is 2.27 bits per heavy atom. The van der Waals surface area contributed by atoms with Crippen molar-refractivity contribution in [2.45, 2.75) is 13.0 Å². The van der Waals surface area contributed by atoms with Gasteiger partial charge >= 0.3 is 0 Å². The molecule has 1 unspecified atom stereocenters. The molecule has 0 aliphatic heterocycles. The Labute approximate surface area is 90.5 Å². The SMILES string of the molecule is COCC(O)CN(C)c1ccc(C)cn1. The first-order chi connectivity index (χ1) is 7.13. The largest absolute Gasteiger partial charge is 0.389 e. The molecule has 4 nitrogen and oxygen atoms in total. The average Bonchev–Trinajstić information content (AvgIpc) is 2.18. The zero-order chi connectivity index (χ0) is 11.3. The van der Waals surface area contributed by atoms with E-state index in [0.29, 0.717) is 13.2 Å². The van der Waals surface area contributed by atoms with Crippen LogP contribution in [0.5, 0.6) is 0 Å². The van der Waals surface area contributed by atoms with Crippen LogP contribution in [0.25, 0.3) is 0 Å². The number of aryl methyl sites for hydroxylation is 1. The molecule has 0 radical (unpaired) electrons. The van der Waals surface area contributed by atoms with E-state index < -0.39 is 6.10 Å². The lowest BCUT2D eigenvalue weighted by Gasteiger charge is -2.21. The summed E-state index contributed by atoms with van der Waals surface area (Å²) in [6.45, 7) is 2.86. The number of pyridine rings is 1. The van der Waals surface area contributed by atoms with Crippen molar-refractivity contribution in [3.63, 3.8) is 0 Å². The van der Waals surface area contributed by atoms with Crippen LogP contribution in [0.2, 0.25) is 0 Å². The molecule has 0 aliphatic carbocycles. The number of anilines is 1. The fourth-order valence-corrected chi connectivity index (χ4v) is 1.34. The van der Waals surface area contributed by atoms with E-state index in [4.69, 9.17) is 4.74 Å². The van der Waals surface area contributed by atoms with Crippen molar-refractivity contribution in [2.75, 3.05) is 32.2 Å².